The predicted molar refractivity (Wildman–Crippen MR) is 113 cm³/mol. The smallest absolute Gasteiger partial charge is 0.240 e. The number of hydrazone groups is 1. The second kappa shape index (κ2) is 11.3. The van der Waals surface area contributed by atoms with Crippen LogP contribution in [0.3, 0.4) is 0 Å². The zero-order valence-electron chi connectivity index (χ0n) is 17.4. The van der Waals surface area contributed by atoms with E-state index in [1.165, 1.54) is 27.5 Å². The zero-order chi connectivity index (χ0) is 21.9. The lowest BCUT2D eigenvalue weighted by atomic mass is 10.2. The number of ether oxygens (including phenoxy) is 4. The second-order valence-corrected chi connectivity index (χ2v) is 6.03. The molecule has 2 aromatic carbocycles. The van der Waals surface area contributed by atoms with Crippen molar-refractivity contribution < 1.29 is 28.5 Å². The Bertz CT molecular complexity index is 871. The molecule has 0 atom stereocenters. The number of hydrogen-bond acceptors (Lipinski definition) is 7. The van der Waals surface area contributed by atoms with E-state index in [4.69, 9.17) is 18.9 Å². The molecule has 0 saturated heterocycles. The predicted octanol–water partition coefficient (Wildman–Crippen LogP) is 2.59. The fraction of sp³-hybridized carbons (Fsp3) is 0.286. The van der Waals surface area contributed by atoms with Crippen LogP contribution in [-0.2, 0) is 9.59 Å². The van der Waals surface area contributed by atoms with Crippen molar-refractivity contribution in [2.24, 2.45) is 5.10 Å². The van der Waals surface area contributed by atoms with Gasteiger partial charge in [0.05, 0.1) is 34.7 Å². The summed E-state index contributed by atoms with van der Waals surface area (Å²) in [4.78, 5) is 23.9. The molecule has 9 nitrogen and oxygen atoms in total. The summed E-state index contributed by atoms with van der Waals surface area (Å²) in [6, 6.07) is 10.3. The number of carbonyl (C=O) groups is 2. The molecule has 0 spiro atoms. The summed E-state index contributed by atoms with van der Waals surface area (Å²) in [5, 5.41) is 6.62. The van der Waals surface area contributed by atoms with Gasteiger partial charge in [0.1, 0.15) is 5.75 Å². The minimum atomic E-state index is -0.386. The summed E-state index contributed by atoms with van der Waals surface area (Å²) in [7, 11) is 6.10. The monoisotopic (exact) mass is 415 g/mol. The van der Waals surface area contributed by atoms with Crippen LogP contribution >= 0.6 is 0 Å². The number of carbonyl (C=O) groups excluding carboxylic acids is 2. The molecule has 2 aromatic rings. The maximum absolute atomic E-state index is 12.0. The van der Waals surface area contributed by atoms with Crippen LogP contribution in [0, 0.1) is 0 Å². The molecule has 0 fully saturated rings. The molecule has 0 saturated carbocycles. The molecule has 2 N–H and O–H groups in total. The lowest BCUT2D eigenvalue weighted by Gasteiger charge is -2.12. The topological polar surface area (TPSA) is 107 Å². The first-order valence-electron chi connectivity index (χ1n) is 9.06. The molecule has 160 valence electrons. The highest BCUT2D eigenvalue weighted by Gasteiger charge is 2.12. The van der Waals surface area contributed by atoms with Gasteiger partial charge in [-0.2, -0.15) is 5.10 Å². The molecular formula is C21H25N3O6. The SMILES string of the molecule is COc1ccc(NC(=O)CCC(=O)N/N=C/c2cc(OC)c(OC)c(OC)c2)cc1. The number of benzene rings is 2. The van der Waals surface area contributed by atoms with E-state index in [0.717, 1.165) is 0 Å². The molecule has 0 unspecified atom stereocenters. The van der Waals surface area contributed by atoms with Crippen molar-refractivity contribution >= 4 is 23.7 Å². The number of anilines is 1. The number of nitrogens with zero attached hydrogens (tertiary/aromatic N) is 1. The van der Waals surface area contributed by atoms with Crippen molar-refractivity contribution in [3.63, 3.8) is 0 Å². The zero-order valence-corrected chi connectivity index (χ0v) is 17.4. The second-order valence-electron chi connectivity index (χ2n) is 6.03. The Labute approximate surface area is 175 Å². The van der Waals surface area contributed by atoms with Gasteiger partial charge >= 0.3 is 0 Å². The Morgan fingerprint density at radius 3 is 2.00 bits per heavy atom. The Balaban J connectivity index is 1.85. The summed E-state index contributed by atoms with van der Waals surface area (Å²) >= 11 is 0. The first-order valence-corrected chi connectivity index (χ1v) is 9.06. The molecule has 0 heterocycles. The van der Waals surface area contributed by atoms with Crippen LogP contribution in [0.2, 0.25) is 0 Å². The summed E-state index contributed by atoms with van der Waals surface area (Å²) in [5.74, 6) is 1.44. The third-order valence-corrected chi connectivity index (χ3v) is 4.04. The number of amides is 2. The van der Waals surface area contributed by atoms with E-state index in [2.05, 4.69) is 15.8 Å². The maximum atomic E-state index is 12.0. The highest BCUT2D eigenvalue weighted by atomic mass is 16.5. The van der Waals surface area contributed by atoms with E-state index in [1.54, 1.807) is 43.5 Å². The third kappa shape index (κ3) is 6.40. The van der Waals surface area contributed by atoms with Gasteiger partial charge in [0.25, 0.3) is 0 Å². The van der Waals surface area contributed by atoms with Crippen LogP contribution in [0.25, 0.3) is 0 Å². The third-order valence-electron chi connectivity index (χ3n) is 4.04. The molecule has 0 bridgehead atoms. The Morgan fingerprint density at radius 1 is 0.867 bits per heavy atom. The van der Waals surface area contributed by atoms with Crippen LogP contribution in [0.1, 0.15) is 18.4 Å². The standard InChI is InChI=1S/C21H25N3O6/c1-27-16-7-5-15(6-8-16)23-19(25)9-10-20(26)24-22-13-14-11-17(28-2)21(30-4)18(12-14)29-3/h5-8,11-13H,9-10H2,1-4H3,(H,23,25)(H,24,26)/b22-13+. The number of methoxy groups -OCH3 is 4. The van der Waals surface area contributed by atoms with Crippen molar-refractivity contribution in [1.82, 2.24) is 5.43 Å². The lowest BCUT2D eigenvalue weighted by Crippen LogP contribution is -2.20. The van der Waals surface area contributed by atoms with Gasteiger partial charge in [-0.25, -0.2) is 5.43 Å². The molecule has 2 rings (SSSR count). The highest BCUT2D eigenvalue weighted by molar-refractivity contribution is 5.93. The van der Waals surface area contributed by atoms with Crippen molar-refractivity contribution in [2.75, 3.05) is 33.8 Å². The van der Waals surface area contributed by atoms with Gasteiger partial charge in [0.15, 0.2) is 11.5 Å². The van der Waals surface area contributed by atoms with Crippen LogP contribution in [0.15, 0.2) is 41.5 Å². The van der Waals surface area contributed by atoms with Gasteiger partial charge in [0, 0.05) is 24.1 Å². The van der Waals surface area contributed by atoms with Crippen molar-refractivity contribution in [3.8, 4) is 23.0 Å². The molecule has 0 aliphatic heterocycles. The number of hydrogen-bond donors (Lipinski definition) is 2. The van der Waals surface area contributed by atoms with E-state index in [1.807, 2.05) is 0 Å². The Morgan fingerprint density at radius 2 is 1.47 bits per heavy atom. The Kier molecular flexibility index (Phi) is 8.49. The largest absolute Gasteiger partial charge is 0.497 e. The van der Waals surface area contributed by atoms with E-state index >= 15 is 0 Å². The van der Waals surface area contributed by atoms with Crippen LogP contribution in [0.5, 0.6) is 23.0 Å². The van der Waals surface area contributed by atoms with Crippen LogP contribution in [-0.4, -0.2) is 46.5 Å². The van der Waals surface area contributed by atoms with Crippen LogP contribution in [0.4, 0.5) is 5.69 Å². The molecule has 9 heteroatoms. The van der Waals surface area contributed by atoms with E-state index < -0.39 is 0 Å². The molecular weight excluding hydrogens is 390 g/mol. The first kappa shape index (κ1) is 22.5. The number of rotatable bonds is 10. The van der Waals surface area contributed by atoms with Gasteiger partial charge in [0.2, 0.25) is 17.6 Å². The van der Waals surface area contributed by atoms with E-state index in [0.29, 0.717) is 34.2 Å². The summed E-state index contributed by atoms with van der Waals surface area (Å²) < 4.78 is 20.9. The van der Waals surface area contributed by atoms with Gasteiger partial charge in [-0.3, -0.25) is 9.59 Å². The molecule has 0 aliphatic rings. The lowest BCUT2D eigenvalue weighted by molar-refractivity contribution is -0.124. The normalized spacial score (nSPS) is 10.4. The number of nitrogens with one attached hydrogen (secondary N) is 2. The summed E-state index contributed by atoms with van der Waals surface area (Å²) in [6.07, 6.45) is 1.46. The average molecular weight is 415 g/mol. The first-order chi connectivity index (χ1) is 14.5. The summed E-state index contributed by atoms with van der Waals surface area (Å²) in [5.41, 5.74) is 3.66. The van der Waals surface area contributed by atoms with Crippen molar-refractivity contribution in [2.45, 2.75) is 12.8 Å². The van der Waals surface area contributed by atoms with E-state index in [9.17, 15) is 9.59 Å². The Hall–Kier alpha value is -3.75. The molecule has 0 radical (unpaired) electrons. The van der Waals surface area contributed by atoms with E-state index in [-0.39, 0.29) is 24.7 Å². The quantitative estimate of drug-likeness (QED) is 0.456. The molecule has 2 amide bonds. The minimum absolute atomic E-state index is 0.00537. The summed E-state index contributed by atoms with van der Waals surface area (Å²) in [6.45, 7) is 0. The van der Waals surface area contributed by atoms with Crippen molar-refractivity contribution in [3.05, 3.63) is 42.0 Å². The maximum Gasteiger partial charge on any atom is 0.240 e. The molecule has 30 heavy (non-hydrogen) atoms. The van der Waals surface area contributed by atoms with Crippen LogP contribution < -0.4 is 29.7 Å². The van der Waals surface area contributed by atoms with Gasteiger partial charge < -0.3 is 24.3 Å². The molecule has 0 aromatic heterocycles. The highest BCUT2D eigenvalue weighted by Crippen LogP contribution is 2.37. The van der Waals surface area contributed by atoms with Gasteiger partial charge in [-0.15, -0.1) is 0 Å². The minimum Gasteiger partial charge on any atom is -0.497 e. The fourth-order valence-electron chi connectivity index (χ4n) is 2.54. The average Bonchev–Trinajstić information content (AvgIpc) is 2.77. The van der Waals surface area contributed by atoms with Gasteiger partial charge in [-0.1, -0.05) is 0 Å². The fourth-order valence-corrected chi connectivity index (χ4v) is 2.54. The van der Waals surface area contributed by atoms with Gasteiger partial charge in [-0.05, 0) is 36.4 Å². The van der Waals surface area contributed by atoms with Crippen molar-refractivity contribution in [1.29, 1.82) is 0 Å². The molecule has 0 aliphatic carbocycles.